The Bertz CT molecular complexity index is 870. The van der Waals surface area contributed by atoms with Gasteiger partial charge in [0.05, 0.1) is 0 Å². The van der Waals surface area contributed by atoms with Crippen LogP contribution in [0.3, 0.4) is 0 Å². The molecule has 3 aromatic heterocycles. The Kier molecular flexibility index (Phi) is 3.96. The second-order valence-corrected chi connectivity index (χ2v) is 5.58. The summed E-state index contributed by atoms with van der Waals surface area (Å²) in [6.07, 6.45) is 0.883. The van der Waals surface area contributed by atoms with Gasteiger partial charge in [0.1, 0.15) is 5.82 Å². The number of hydrogen-bond donors (Lipinski definition) is 1. The van der Waals surface area contributed by atoms with E-state index in [9.17, 15) is 4.79 Å². The number of rotatable bonds is 4. The molecule has 7 nitrogen and oxygen atoms in total. The monoisotopic (exact) mass is 333 g/mol. The van der Waals surface area contributed by atoms with Gasteiger partial charge in [-0.05, 0) is 42.3 Å². The van der Waals surface area contributed by atoms with Crippen molar-refractivity contribution in [3.63, 3.8) is 0 Å². The van der Waals surface area contributed by atoms with Gasteiger partial charge in [-0.25, -0.2) is 4.98 Å². The highest BCUT2D eigenvalue weighted by atomic mass is 35.5. The predicted molar refractivity (Wildman–Crippen MR) is 87.4 cm³/mol. The van der Waals surface area contributed by atoms with E-state index >= 15 is 0 Å². The van der Waals surface area contributed by atoms with Gasteiger partial charge in [0.25, 0.3) is 5.91 Å². The van der Waals surface area contributed by atoms with Crippen molar-refractivity contribution >= 4 is 29.0 Å². The van der Waals surface area contributed by atoms with Crippen LogP contribution in [0.15, 0.2) is 28.7 Å². The second-order valence-electron chi connectivity index (χ2n) is 5.20. The van der Waals surface area contributed by atoms with Gasteiger partial charge in [-0.15, -0.1) is 5.10 Å². The second kappa shape index (κ2) is 5.92. The van der Waals surface area contributed by atoms with Crippen LogP contribution in [0.4, 0.5) is 5.82 Å². The number of aromatic nitrogens is 3. The highest BCUT2D eigenvalue weighted by molar-refractivity contribution is 6.28. The summed E-state index contributed by atoms with van der Waals surface area (Å²) in [7, 11) is 1.76. The van der Waals surface area contributed by atoms with Crippen LogP contribution < -0.4 is 5.73 Å². The summed E-state index contributed by atoms with van der Waals surface area (Å²) < 4.78 is 6.76. The fourth-order valence-electron chi connectivity index (χ4n) is 2.33. The molecule has 0 unspecified atom stereocenters. The number of carbonyl (C=O) groups is 1. The predicted octanol–water partition coefficient (Wildman–Crippen LogP) is 2.71. The van der Waals surface area contributed by atoms with E-state index in [1.807, 2.05) is 6.92 Å². The summed E-state index contributed by atoms with van der Waals surface area (Å²) in [5.74, 6) is 1.02. The molecule has 0 bridgehead atoms. The number of hydrogen-bond acceptors (Lipinski definition) is 5. The van der Waals surface area contributed by atoms with Crippen LogP contribution >= 0.6 is 11.6 Å². The molecule has 0 aromatic carbocycles. The van der Waals surface area contributed by atoms with Gasteiger partial charge in [0, 0.05) is 19.2 Å². The molecule has 0 spiro atoms. The first-order chi connectivity index (χ1) is 11.0. The zero-order valence-electron chi connectivity index (χ0n) is 12.8. The first kappa shape index (κ1) is 15.4. The summed E-state index contributed by atoms with van der Waals surface area (Å²) in [5, 5.41) is 4.53. The maximum atomic E-state index is 12.4. The summed E-state index contributed by atoms with van der Waals surface area (Å²) in [4.78, 5) is 18.4. The summed E-state index contributed by atoms with van der Waals surface area (Å²) >= 11 is 5.77. The number of carbonyl (C=O) groups excluding carboxylic acids is 1. The van der Waals surface area contributed by atoms with Crippen molar-refractivity contribution < 1.29 is 9.21 Å². The van der Waals surface area contributed by atoms with E-state index in [2.05, 4.69) is 10.1 Å². The topological polar surface area (TPSA) is 89.7 Å². The fraction of sp³-hybridized carbons (Fsp3) is 0.267. The third-order valence-corrected chi connectivity index (χ3v) is 3.61. The molecule has 0 saturated carbocycles. The smallest absolute Gasteiger partial charge is 0.253 e. The Morgan fingerprint density at radius 3 is 2.87 bits per heavy atom. The highest BCUT2D eigenvalue weighted by Crippen LogP contribution is 2.23. The number of nitrogens with zero attached hydrogens (tertiary/aromatic N) is 4. The van der Waals surface area contributed by atoms with E-state index in [0.29, 0.717) is 35.2 Å². The molecule has 120 valence electrons. The summed E-state index contributed by atoms with van der Waals surface area (Å²) in [5.41, 5.74) is 6.95. The molecule has 1 amide bonds. The minimum atomic E-state index is -0.105. The van der Waals surface area contributed by atoms with Crippen molar-refractivity contribution in [2.24, 2.45) is 0 Å². The summed E-state index contributed by atoms with van der Waals surface area (Å²) in [6.45, 7) is 2.69. The molecule has 0 saturated heterocycles. The van der Waals surface area contributed by atoms with Crippen LogP contribution in [-0.4, -0.2) is 39.0 Å². The minimum absolute atomic E-state index is 0.105. The maximum absolute atomic E-state index is 12.4. The van der Waals surface area contributed by atoms with Gasteiger partial charge in [0.15, 0.2) is 16.6 Å². The Morgan fingerprint density at radius 2 is 2.22 bits per heavy atom. The van der Waals surface area contributed by atoms with Crippen molar-refractivity contribution in [3.8, 4) is 11.6 Å². The Labute approximate surface area is 137 Å². The molecular formula is C15H16ClN5O2. The third-order valence-electron chi connectivity index (χ3n) is 3.41. The molecule has 3 aromatic rings. The van der Waals surface area contributed by atoms with Crippen LogP contribution in [0.25, 0.3) is 17.2 Å². The van der Waals surface area contributed by atoms with Crippen LogP contribution in [-0.2, 0) is 0 Å². The largest absolute Gasteiger partial charge is 0.441 e. The molecular weight excluding hydrogens is 318 g/mol. The van der Waals surface area contributed by atoms with E-state index in [-0.39, 0.29) is 11.1 Å². The molecule has 0 aliphatic heterocycles. The van der Waals surface area contributed by atoms with Gasteiger partial charge < -0.3 is 15.1 Å². The lowest BCUT2D eigenvalue weighted by Gasteiger charge is -2.16. The number of nitrogen functional groups attached to an aromatic ring is 1. The van der Waals surface area contributed by atoms with Crippen molar-refractivity contribution in [2.45, 2.75) is 13.3 Å². The normalized spacial score (nSPS) is 11.1. The average molecular weight is 334 g/mol. The number of anilines is 1. The molecule has 23 heavy (non-hydrogen) atoms. The van der Waals surface area contributed by atoms with E-state index in [4.69, 9.17) is 21.8 Å². The van der Waals surface area contributed by atoms with E-state index in [1.54, 1.807) is 36.2 Å². The number of pyridine rings is 1. The van der Waals surface area contributed by atoms with Crippen LogP contribution in [0, 0.1) is 0 Å². The Morgan fingerprint density at radius 1 is 1.43 bits per heavy atom. The average Bonchev–Trinajstić information content (AvgIpc) is 3.12. The van der Waals surface area contributed by atoms with Crippen molar-refractivity contribution in [1.29, 1.82) is 0 Å². The molecule has 3 heterocycles. The molecule has 0 atom stereocenters. The van der Waals surface area contributed by atoms with Crippen molar-refractivity contribution in [2.75, 3.05) is 19.3 Å². The minimum Gasteiger partial charge on any atom is -0.441 e. The van der Waals surface area contributed by atoms with Gasteiger partial charge in [-0.1, -0.05) is 6.92 Å². The van der Waals surface area contributed by atoms with Gasteiger partial charge in [-0.2, -0.15) is 4.52 Å². The van der Waals surface area contributed by atoms with Crippen LogP contribution in [0.5, 0.6) is 0 Å². The standard InChI is InChI=1S/C15H16ClN5O2/c1-3-6-20(2)15(22)9-7-12(17)21-13(8-9)18-14(19-21)10-4-5-11(16)23-10/h4-5,7-8H,3,6,17H2,1-2H3. The number of amides is 1. The van der Waals surface area contributed by atoms with Crippen molar-refractivity contribution in [1.82, 2.24) is 19.5 Å². The lowest BCUT2D eigenvalue weighted by atomic mass is 10.2. The maximum Gasteiger partial charge on any atom is 0.253 e. The fourth-order valence-corrected chi connectivity index (χ4v) is 2.47. The number of fused-ring (bicyclic) bond motifs is 1. The quantitative estimate of drug-likeness (QED) is 0.792. The number of furan rings is 1. The molecule has 2 N–H and O–H groups in total. The SMILES string of the molecule is CCCN(C)C(=O)c1cc(N)n2nc(-c3ccc(Cl)o3)nc2c1. The molecule has 0 fully saturated rings. The Balaban J connectivity index is 2.03. The lowest BCUT2D eigenvalue weighted by Crippen LogP contribution is -2.27. The summed E-state index contributed by atoms with van der Waals surface area (Å²) in [6, 6.07) is 6.54. The molecule has 3 rings (SSSR count). The lowest BCUT2D eigenvalue weighted by molar-refractivity contribution is 0.0795. The van der Waals surface area contributed by atoms with E-state index < -0.39 is 0 Å². The van der Waals surface area contributed by atoms with Crippen LogP contribution in [0.1, 0.15) is 23.7 Å². The third kappa shape index (κ3) is 2.87. The molecule has 0 aliphatic carbocycles. The Hall–Kier alpha value is -2.54. The molecule has 8 heteroatoms. The van der Waals surface area contributed by atoms with E-state index in [0.717, 1.165) is 6.42 Å². The number of nitrogens with two attached hydrogens (primary N) is 1. The van der Waals surface area contributed by atoms with Crippen molar-refractivity contribution in [3.05, 3.63) is 35.0 Å². The number of halogens is 1. The first-order valence-corrected chi connectivity index (χ1v) is 7.55. The molecule has 0 radical (unpaired) electrons. The van der Waals surface area contributed by atoms with Gasteiger partial charge in [-0.3, -0.25) is 4.79 Å². The first-order valence-electron chi connectivity index (χ1n) is 7.17. The van der Waals surface area contributed by atoms with Crippen LogP contribution in [0.2, 0.25) is 5.22 Å². The zero-order valence-corrected chi connectivity index (χ0v) is 13.5. The van der Waals surface area contributed by atoms with Gasteiger partial charge >= 0.3 is 0 Å². The van der Waals surface area contributed by atoms with Gasteiger partial charge in [0.2, 0.25) is 5.82 Å². The van der Waals surface area contributed by atoms with E-state index in [1.165, 1.54) is 4.52 Å². The highest BCUT2D eigenvalue weighted by Gasteiger charge is 2.17. The zero-order chi connectivity index (χ0) is 16.6. The molecule has 0 aliphatic rings.